The molecule has 37 heavy (non-hydrogen) atoms. The number of rotatable bonds is 5. The summed E-state index contributed by atoms with van der Waals surface area (Å²) in [5.41, 5.74) is -1.15. The molecule has 6 aliphatic rings. The predicted octanol–water partition coefficient (Wildman–Crippen LogP) is 3.00. The molecule has 5 aliphatic carbocycles. The van der Waals surface area contributed by atoms with Gasteiger partial charge in [0.15, 0.2) is 5.78 Å². The number of hydrogen-bond acceptors (Lipinski definition) is 6. The van der Waals surface area contributed by atoms with Gasteiger partial charge in [-0.3, -0.25) is 9.59 Å². The van der Waals surface area contributed by atoms with Crippen molar-refractivity contribution in [3.05, 3.63) is 11.6 Å². The molecule has 5 fully saturated rings. The minimum Gasteiger partial charge on any atom is -0.390 e. The quantitative estimate of drug-likeness (QED) is 0.520. The van der Waals surface area contributed by atoms with Crippen LogP contribution in [0.3, 0.4) is 0 Å². The van der Waals surface area contributed by atoms with Crippen LogP contribution in [0.15, 0.2) is 11.6 Å². The predicted molar refractivity (Wildman–Crippen MR) is 137 cm³/mol. The lowest BCUT2D eigenvalue weighted by atomic mass is 9.46. The third kappa shape index (κ3) is 3.81. The summed E-state index contributed by atoms with van der Waals surface area (Å²) in [5.74, 6) is 0.187. The summed E-state index contributed by atoms with van der Waals surface area (Å²) in [7, 11) is 0. The molecule has 3 N–H and O–H groups in total. The lowest BCUT2D eigenvalue weighted by Crippen LogP contribution is -2.62. The zero-order chi connectivity index (χ0) is 26.3. The van der Waals surface area contributed by atoms with Crippen molar-refractivity contribution in [2.45, 2.75) is 115 Å². The first-order chi connectivity index (χ1) is 17.5. The van der Waals surface area contributed by atoms with E-state index in [1.54, 1.807) is 6.08 Å². The van der Waals surface area contributed by atoms with Crippen LogP contribution in [-0.2, 0) is 14.3 Å². The largest absolute Gasteiger partial charge is 0.390 e. The van der Waals surface area contributed by atoms with E-state index in [0.717, 1.165) is 57.1 Å². The van der Waals surface area contributed by atoms with E-state index in [4.69, 9.17) is 4.74 Å². The maximum absolute atomic E-state index is 13.5. The Morgan fingerprint density at radius 1 is 1.11 bits per heavy atom. The Kier molecular flexibility index (Phi) is 6.22. The molecule has 0 spiro atoms. The molecule has 6 rings (SSSR count). The second-order valence-electron chi connectivity index (χ2n) is 13.8. The Hall–Kier alpha value is -1.28. The number of aliphatic hydroxyl groups is 3. The Bertz CT molecular complexity index is 987. The van der Waals surface area contributed by atoms with Crippen LogP contribution in [0.25, 0.3) is 0 Å². The number of fused-ring (bicyclic) bond motifs is 5. The Balaban J connectivity index is 1.31. The molecule has 1 heterocycles. The summed E-state index contributed by atoms with van der Waals surface area (Å²) in [5, 5.41) is 33.4. The molecule has 7 heteroatoms. The van der Waals surface area contributed by atoms with E-state index in [1.165, 1.54) is 0 Å². The van der Waals surface area contributed by atoms with E-state index in [2.05, 4.69) is 25.7 Å². The van der Waals surface area contributed by atoms with Gasteiger partial charge in [0, 0.05) is 36.4 Å². The summed E-state index contributed by atoms with van der Waals surface area (Å²) >= 11 is 0. The summed E-state index contributed by atoms with van der Waals surface area (Å²) in [6.45, 7) is 7.83. The molecule has 10 atom stereocenters. The van der Waals surface area contributed by atoms with Crippen molar-refractivity contribution in [1.29, 1.82) is 0 Å². The molecular formula is C30H45NO6. The van der Waals surface area contributed by atoms with Crippen LogP contribution in [0.1, 0.15) is 85.0 Å². The van der Waals surface area contributed by atoms with Crippen molar-refractivity contribution in [2.75, 3.05) is 13.2 Å². The van der Waals surface area contributed by atoms with Gasteiger partial charge in [0.25, 0.3) is 0 Å². The fourth-order valence-corrected chi connectivity index (χ4v) is 9.43. The van der Waals surface area contributed by atoms with Gasteiger partial charge in [0.2, 0.25) is 5.91 Å². The third-order valence-electron chi connectivity index (χ3n) is 11.9. The van der Waals surface area contributed by atoms with Crippen molar-refractivity contribution in [3.63, 3.8) is 0 Å². The lowest BCUT2D eigenvalue weighted by molar-refractivity contribution is -0.155. The molecule has 4 saturated carbocycles. The minimum absolute atomic E-state index is 0.0113. The Morgan fingerprint density at radius 3 is 2.54 bits per heavy atom. The molecule has 0 aromatic rings. The molecule has 206 valence electrons. The summed E-state index contributed by atoms with van der Waals surface area (Å²) in [4.78, 5) is 29.0. The SMILES string of the molecule is CC([C@H]1CC[C@@]2(O)C3=CC(=O)[C@@H]4C[C@@H](O)[C@@H](O)C[C@]4(C)C3CC[C@]12C)N(CC1CCCO1)C(=O)C1CC1. The minimum atomic E-state index is -1.10. The van der Waals surface area contributed by atoms with Crippen molar-refractivity contribution >= 4 is 11.7 Å². The molecule has 1 aliphatic heterocycles. The molecule has 1 saturated heterocycles. The van der Waals surface area contributed by atoms with Crippen molar-refractivity contribution in [2.24, 2.45) is 34.5 Å². The van der Waals surface area contributed by atoms with Crippen LogP contribution in [-0.4, -0.2) is 75.0 Å². The fourth-order valence-electron chi connectivity index (χ4n) is 9.43. The first-order valence-corrected chi connectivity index (χ1v) is 14.8. The number of hydrogen-bond donors (Lipinski definition) is 3. The van der Waals surface area contributed by atoms with Gasteiger partial charge in [-0.15, -0.1) is 0 Å². The molecule has 3 unspecified atom stereocenters. The number of nitrogens with zero attached hydrogens (tertiary/aromatic N) is 1. The number of carbonyl (C=O) groups excluding carboxylic acids is 2. The molecule has 0 aromatic carbocycles. The second-order valence-corrected chi connectivity index (χ2v) is 13.8. The van der Waals surface area contributed by atoms with Crippen LogP contribution in [0.2, 0.25) is 0 Å². The highest BCUT2D eigenvalue weighted by Gasteiger charge is 2.67. The summed E-state index contributed by atoms with van der Waals surface area (Å²) in [6.07, 6.45) is 7.80. The fraction of sp³-hybridized carbons (Fsp3) is 0.867. The van der Waals surface area contributed by atoms with Crippen LogP contribution >= 0.6 is 0 Å². The van der Waals surface area contributed by atoms with E-state index in [-0.39, 0.29) is 53.9 Å². The zero-order valence-corrected chi connectivity index (χ0v) is 22.7. The number of allylic oxidation sites excluding steroid dienone is 1. The topological polar surface area (TPSA) is 107 Å². The van der Waals surface area contributed by atoms with E-state index >= 15 is 0 Å². The van der Waals surface area contributed by atoms with Crippen molar-refractivity contribution in [1.82, 2.24) is 4.90 Å². The van der Waals surface area contributed by atoms with Gasteiger partial charge in [-0.1, -0.05) is 13.8 Å². The van der Waals surface area contributed by atoms with Gasteiger partial charge >= 0.3 is 0 Å². The number of amides is 1. The van der Waals surface area contributed by atoms with Gasteiger partial charge < -0.3 is 25.0 Å². The highest BCUT2D eigenvalue weighted by molar-refractivity contribution is 5.95. The van der Waals surface area contributed by atoms with E-state index in [0.29, 0.717) is 19.4 Å². The normalized spacial score (nSPS) is 48.1. The zero-order valence-electron chi connectivity index (χ0n) is 22.7. The standard InChI is InChI=1S/C30H45NO6/c1-17(31(27(35)18-6-7-18)16-19-5-4-12-37-19)20-9-11-30(36)22-13-24(32)23-14-25(33)26(34)15-28(23,2)21(22)8-10-29(20,30)3/h13,17-21,23,25-26,33-34,36H,4-12,14-16H2,1-3H3/t17?,19?,20-,21?,23+,25-,26+,28-,29-,30-/m1/s1. The highest BCUT2D eigenvalue weighted by atomic mass is 16.5. The Morgan fingerprint density at radius 2 is 1.86 bits per heavy atom. The monoisotopic (exact) mass is 515 g/mol. The molecule has 0 bridgehead atoms. The number of ketones is 1. The average molecular weight is 516 g/mol. The van der Waals surface area contributed by atoms with Crippen molar-refractivity contribution in [3.8, 4) is 0 Å². The van der Waals surface area contributed by atoms with Crippen LogP contribution < -0.4 is 0 Å². The van der Waals surface area contributed by atoms with Gasteiger partial charge in [-0.2, -0.15) is 0 Å². The summed E-state index contributed by atoms with van der Waals surface area (Å²) in [6, 6.07) is -0.0113. The number of ether oxygens (including phenoxy) is 1. The Labute approximate surface area is 220 Å². The maximum Gasteiger partial charge on any atom is 0.226 e. The molecule has 0 aromatic heterocycles. The molecule has 1 amide bonds. The van der Waals surface area contributed by atoms with Crippen LogP contribution in [0.5, 0.6) is 0 Å². The number of aliphatic hydroxyl groups excluding tert-OH is 2. The lowest BCUT2D eigenvalue weighted by Gasteiger charge is -2.60. The molecular weight excluding hydrogens is 470 g/mol. The van der Waals surface area contributed by atoms with E-state index < -0.39 is 28.6 Å². The first-order valence-electron chi connectivity index (χ1n) is 14.8. The van der Waals surface area contributed by atoms with Crippen molar-refractivity contribution < 1.29 is 29.6 Å². The van der Waals surface area contributed by atoms with E-state index in [9.17, 15) is 24.9 Å². The number of carbonyl (C=O) groups is 2. The average Bonchev–Trinajstić information content (AvgIpc) is 3.49. The smallest absolute Gasteiger partial charge is 0.226 e. The van der Waals surface area contributed by atoms with Gasteiger partial charge in [-0.05, 0) is 100 Å². The second kappa shape index (κ2) is 8.87. The third-order valence-corrected chi connectivity index (χ3v) is 11.9. The van der Waals surface area contributed by atoms with Crippen LogP contribution in [0.4, 0.5) is 0 Å². The maximum atomic E-state index is 13.5. The van der Waals surface area contributed by atoms with Crippen LogP contribution in [0, 0.1) is 34.5 Å². The van der Waals surface area contributed by atoms with Gasteiger partial charge in [-0.25, -0.2) is 0 Å². The first kappa shape index (κ1) is 26.0. The molecule has 0 radical (unpaired) electrons. The summed E-state index contributed by atoms with van der Waals surface area (Å²) < 4.78 is 5.93. The highest BCUT2D eigenvalue weighted by Crippen LogP contribution is 2.67. The van der Waals surface area contributed by atoms with Gasteiger partial charge in [0.1, 0.15) is 0 Å². The van der Waals surface area contributed by atoms with E-state index in [1.807, 2.05) is 0 Å². The molecule has 7 nitrogen and oxygen atoms in total. The van der Waals surface area contributed by atoms with Gasteiger partial charge in [0.05, 0.1) is 23.9 Å².